The highest BCUT2D eigenvalue weighted by Gasteiger charge is 2.45. The molecule has 2 saturated heterocycles. The molecule has 3 aromatic carbocycles. The molecule has 24 heteroatoms. The lowest BCUT2D eigenvalue weighted by molar-refractivity contribution is -0.144. The van der Waals surface area contributed by atoms with Crippen LogP contribution in [-0.4, -0.2) is 161 Å². The van der Waals surface area contributed by atoms with Crippen LogP contribution in [-0.2, 0) is 46.4 Å². The number of likely N-dealkylation sites (tertiary alicyclic amines) is 2. The summed E-state index contributed by atoms with van der Waals surface area (Å²) in [6.45, 7) is 17.1. The summed E-state index contributed by atoms with van der Waals surface area (Å²) in [7, 11) is 0. The molecular weight excluding hydrogens is 1210 g/mol. The molecule has 2 aromatic heterocycles. The second kappa shape index (κ2) is 35.4. The van der Waals surface area contributed by atoms with Crippen LogP contribution in [0.15, 0.2) is 96.8 Å². The Morgan fingerprint density at radius 1 is 0.774 bits per heavy atom. The first-order valence-corrected chi connectivity index (χ1v) is 33.1. The van der Waals surface area contributed by atoms with Crippen LogP contribution in [0.5, 0.6) is 5.75 Å². The monoisotopic (exact) mass is 1300 g/mol. The number of aliphatic hydroxyl groups excluding tert-OH is 1. The van der Waals surface area contributed by atoms with Crippen LogP contribution in [0, 0.1) is 29.0 Å². The Morgan fingerprint density at radius 3 is 2.08 bits per heavy atom. The van der Waals surface area contributed by atoms with Gasteiger partial charge in [0.25, 0.3) is 5.91 Å². The fourth-order valence-corrected chi connectivity index (χ4v) is 11.6. The van der Waals surface area contributed by atoms with Crippen molar-refractivity contribution in [1.82, 2.24) is 41.0 Å². The van der Waals surface area contributed by atoms with Crippen LogP contribution >= 0.6 is 11.3 Å². The van der Waals surface area contributed by atoms with Crippen LogP contribution in [0.4, 0.5) is 14.9 Å². The maximum absolute atomic E-state index is 15.0. The molecule has 4 heterocycles. The largest absolute Gasteiger partial charge is 0.494 e. The third-order valence-electron chi connectivity index (χ3n) is 16.0. The molecule has 3 atom stereocenters. The molecule has 8 N–H and O–H groups in total. The van der Waals surface area contributed by atoms with Crippen molar-refractivity contribution in [1.29, 1.82) is 10.8 Å². The number of pyridine rings is 1. The third kappa shape index (κ3) is 23.0. The molecule has 0 bridgehead atoms. The number of nitrogens with zero attached hydrogens (tertiary/aromatic N) is 4. The van der Waals surface area contributed by atoms with Crippen LogP contribution in [0.1, 0.15) is 145 Å². The first-order valence-electron chi connectivity index (χ1n) is 32.2. The summed E-state index contributed by atoms with van der Waals surface area (Å²) in [5.74, 6) is -1.37. The summed E-state index contributed by atoms with van der Waals surface area (Å²) >= 11 is 1.57. The van der Waals surface area contributed by atoms with E-state index in [1.54, 1.807) is 97.9 Å². The van der Waals surface area contributed by atoms with Gasteiger partial charge in [-0.1, -0.05) is 63.9 Å². The number of β-amino-alcohol motifs (C(OH)–C–C–N with tert-alkyl or cyclic N) is 1. The fourth-order valence-electron chi connectivity index (χ4n) is 10.8. The van der Waals surface area contributed by atoms with Gasteiger partial charge in [-0.2, -0.15) is 0 Å². The number of carbonyl (C=O) groups excluding carboxylic acids is 5. The van der Waals surface area contributed by atoms with Crippen molar-refractivity contribution in [2.75, 3.05) is 71.2 Å². The minimum Gasteiger partial charge on any atom is -0.494 e. The summed E-state index contributed by atoms with van der Waals surface area (Å²) in [6.07, 6.45) is 8.48. The lowest BCUT2D eigenvalue weighted by Gasteiger charge is -2.43. The minimum absolute atomic E-state index is 0.00713. The number of unbranched alkanes of at least 4 members (excludes halogenated alkanes) is 5. The van der Waals surface area contributed by atoms with E-state index in [0.717, 1.165) is 60.2 Å². The van der Waals surface area contributed by atoms with Gasteiger partial charge in [0.15, 0.2) is 0 Å². The number of aliphatic hydroxyl groups is 1. The molecule has 2 aliphatic rings. The van der Waals surface area contributed by atoms with Crippen molar-refractivity contribution in [3.05, 3.63) is 131 Å². The molecule has 2 fully saturated rings. The molecule has 504 valence electrons. The second-order valence-electron chi connectivity index (χ2n) is 25.7. The Hall–Kier alpha value is -7.90. The molecule has 0 aliphatic carbocycles. The molecule has 2 aliphatic heterocycles. The zero-order valence-electron chi connectivity index (χ0n) is 54.8. The van der Waals surface area contributed by atoms with E-state index in [1.165, 1.54) is 11.0 Å². The van der Waals surface area contributed by atoms with Crippen LogP contribution < -0.4 is 31.3 Å². The number of anilines is 1. The predicted molar refractivity (Wildman–Crippen MR) is 356 cm³/mol. The summed E-state index contributed by atoms with van der Waals surface area (Å²) in [6, 6.07) is 20.8. The highest BCUT2D eigenvalue weighted by atomic mass is 32.1. The predicted octanol–water partition coefficient (Wildman–Crippen LogP) is 9.72. The van der Waals surface area contributed by atoms with Gasteiger partial charge >= 0.3 is 6.09 Å². The van der Waals surface area contributed by atoms with Crippen molar-refractivity contribution in [3.8, 4) is 16.2 Å². The molecular formula is C69H94FN11O11S. The molecule has 7 rings (SSSR count). The third-order valence-corrected chi connectivity index (χ3v) is 17.0. The first kappa shape index (κ1) is 72.5. The summed E-state index contributed by atoms with van der Waals surface area (Å²) < 4.78 is 43.7. The highest BCUT2D eigenvalue weighted by molar-refractivity contribution is 7.13. The number of rotatable bonds is 33. The normalized spacial score (nSPS) is 15.8. The number of aryl methyl sites for hydroxylation is 1. The van der Waals surface area contributed by atoms with E-state index in [0.29, 0.717) is 88.1 Å². The summed E-state index contributed by atoms with van der Waals surface area (Å²) in [5.41, 5.74) is 4.03. The van der Waals surface area contributed by atoms with Gasteiger partial charge in [0, 0.05) is 93.6 Å². The molecule has 22 nitrogen and oxygen atoms in total. The number of ether oxygens (including phenoxy) is 5. The second-order valence-corrected chi connectivity index (χ2v) is 26.5. The number of nitrogens with one attached hydrogen (secondary N) is 7. The van der Waals surface area contributed by atoms with Crippen molar-refractivity contribution in [2.45, 2.75) is 162 Å². The summed E-state index contributed by atoms with van der Waals surface area (Å²) in [4.78, 5) is 79.6. The molecule has 5 amide bonds. The Balaban J connectivity index is 0.704. The SMILES string of the molecule is Cc1ncsc1-c1ccc(CNC(=O)[C@@H]2C[C@@H](O)CN2C(=O)C(NC(=O)CCCCCOCCOCCOCCCCCCOc2ccc(F)c(CNC(=O)c3cccc(NC4(C(=N)NC(=N)c5ccncc5)CCN(C(=O)OC(C)(C)C)CC4)c3)c2)C(C)(C)C)cc1. The first-order chi connectivity index (χ1) is 44.5. The van der Waals surface area contributed by atoms with Crippen LogP contribution in [0.25, 0.3) is 10.4 Å². The Labute approximate surface area is 549 Å². The number of aromatic nitrogens is 2. The maximum Gasteiger partial charge on any atom is 0.410 e. The number of thiazole rings is 1. The Kier molecular flexibility index (Phi) is 27.6. The van der Waals surface area contributed by atoms with Gasteiger partial charge in [-0.05, 0) is 138 Å². The van der Waals surface area contributed by atoms with Gasteiger partial charge in [-0.15, -0.1) is 11.3 Å². The van der Waals surface area contributed by atoms with E-state index in [4.69, 9.17) is 29.1 Å². The number of hydrogen-bond acceptors (Lipinski definition) is 17. The van der Waals surface area contributed by atoms with E-state index >= 15 is 4.39 Å². The standard InChI is InChI=1S/C69H94FN11O11S/c1-47-59(93-46-76-47)49-21-19-48(20-22-49)43-74-63(85)57-42-54(82)45-81(57)64(86)60(67(2,3)4)77-58(83)18-11-10-13-34-89-37-39-90-38-36-88-33-12-8-9-14-35-91-55-23-24-56(70)52(41-55)44-75-62(84)51-16-15-17-53(40-51)79-69(65(72)78-61(71)50-25-29-73-30-26-50)27-31-80(32-28-69)66(87)92-68(5,6)7/h15-17,19-26,29-30,40-41,46,54,57,60,79,82H,8-14,18,27-28,31-39,42-45H2,1-7H3,(H,74,85)(H,75,84)(H,77,83)(H3,71,72,78)/t54-,57+,60?/m1/s1. The van der Waals surface area contributed by atoms with Gasteiger partial charge in [0.2, 0.25) is 17.7 Å². The number of carbonyl (C=O) groups is 5. The number of hydrogen-bond donors (Lipinski definition) is 8. The lowest BCUT2D eigenvalue weighted by Crippen LogP contribution is -2.59. The van der Waals surface area contributed by atoms with Crippen molar-refractivity contribution in [3.63, 3.8) is 0 Å². The lowest BCUT2D eigenvalue weighted by atomic mass is 9.85. The molecule has 93 heavy (non-hydrogen) atoms. The van der Waals surface area contributed by atoms with Gasteiger partial charge in [0.1, 0.15) is 40.9 Å². The van der Waals surface area contributed by atoms with E-state index < -0.39 is 58.5 Å². The Morgan fingerprint density at radius 2 is 1.43 bits per heavy atom. The number of piperidine rings is 1. The molecule has 0 spiro atoms. The minimum atomic E-state index is -1.04. The van der Waals surface area contributed by atoms with E-state index in [1.807, 2.05) is 57.5 Å². The number of amides is 5. The number of halogens is 1. The molecule has 1 unspecified atom stereocenters. The van der Waals surface area contributed by atoms with Gasteiger partial charge in [-0.3, -0.25) is 35.0 Å². The van der Waals surface area contributed by atoms with Crippen molar-refractivity contribution < 1.29 is 57.2 Å². The van der Waals surface area contributed by atoms with E-state index in [2.05, 4.69) is 36.6 Å². The zero-order valence-corrected chi connectivity index (χ0v) is 55.7. The van der Waals surface area contributed by atoms with Crippen molar-refractivity contribution in [2.24, 2.45) is 5.41 Å². The average Bonchev–Trinajstić information content (AvgIpc) is 1.63. The van der Waals surface area contributed by atoms with Gasteiger partial charge in [0.05, 0.1) is 60.8 Å². The van der Waals surface area contributed by atoms with Gasteiger partial charge < -0.3 is 65.2 Å². The van der Waals surface area contributed by atoms with Crippen LogP contribution in [0.3, 0.4) is 0 Å². The smallest absolute Gasteiger partial charge is 0.410 e. The fraction of sp³-hybridized carbons (Fsp3) is 0.522. The molecule has 0 radical (unpaired) electrons. The molecule has 5 aromatic rings. The number of benzene rings is 3. The topological polar surface area (TPSA) is 292 Å². The van der Waals surface area contributed by atoms with Crippen LogP contribution in [0.2, 0.25) is 0 Å². The Bertz CT molecular complexity index is 3260. The summed E-state index contributed by atoms with van der Waals surface area (Å²) in [5, 5.41) is 43.6. The molecule has 0 saturated carbocycles. The zero-order chi connectivity index (χ0) is 67.0. The van der Waals surface area contributed by atoms with E-state index in [9.17, 15) is 34.5 Å². The van der Waals surface area contributed by atoms with Gasteiger partial charge in [-0.25, -0.2) is 14.2 Å². The maximum atomic E-state index is 15.0. The van der Waals surface area contributed by atoms with E-state index in [-0.39, 0.29) is 74.6 Å². The van der Waals surface area contributed by atoms with Crippen molar-refractivity contribution >= 4 is 58.4 Å². The highest BCUT2D eigenvalue weighted by Crippen LogP contribution is 2.32. The quantitative estimate of drug-likeness (QED) is 0.0110. The number of amidine groups is 2. The average molecular weight is 1300 g/mol.